The number of carboxylic acid groups (broad SMARTS) is 1. The Morgan fingerprint density at radius 2 is 1.68 bits per heavy atom. The van der Waals surface area contributed by atoms with Gasteiger partial charge in [-0.2, -0.15) is 0 Å². The van der Waals surface area contributed by atoms with Crippen LogP contribution >= 0.6 is 22.9 Å². The van der Waals surface area contributed by atoms with Gasteiger partial charge in [0.1, 0.15) is 5.01 Å². The van der Waals surface area contributed by atoms with Crippen LogP contribution in [0.2, 0.25) is 5.02 Å². The Kier molecular flexibility index (Phi) is 4.99. The van der Waals surface area contributed by atoms with Crippen LogP contribution in [0.5, 0.6) is 0 Å². The zero-order valence-electron chi connectivity index (χ0n) is 15.0. The van der Waals surface area contributed by atoms with Crippen LogP contribution in [0.4, 0.5) is 0 Å². The molecule has 0 saturated heterocycles. The van der Waals surface area contributed by atoms with E-state index in [4.69, 9.17) is 11.6 Å². The molecule has 0 aliphatic heterocycles. The van der Waals surface area contributed by atoms with E-state index in [2.05, 4.69) is 4.98 Å². The molecule has 4 rings (SSSR count). The van der Waals surface area contributed by atoms with Crippen molar-refractivity contribution in [2.24, 2.45) is 0 Å². The number of hydrogen-bond donors (Lipinski definition) is 1. The van der Waals surface area contributed by atoms with Gasteiger partial charge in [-0.1, -0.05) is 60.1 Å². The Morgan fingerprint density at radius 1 is 0.964 bits per heavy atom. The highest BCUT2D eigenvalue weighted by atomic mass is 35.5. The van der Waals surface area contributed by atoms with E-state index in [0.717, 1.165) is 33.0 Å². The molecule has 0 aliphatic rings. The first-order valence-electron chi connectivity index (χ1n) is 8.68. The maximum Gasteiger partial charge on any atom is 0.336 e. The average Bonchev–Trinajstić information content (AvgIpc) is 3.19. The third-order valence-electron chi connectivity index (χ3n) is 4.58. The first-order chi connectivity index (χ1) is 13.5. The minimum atomic E-state index is -0.949. The third kappa shape index (κ3) is 3.57. The van der Waals surface area contributed by atoms with Gasteiger partial charge < -0.3 is 5.11 Å². The molecule has 0 radical (unpaired) electrons. The van der Waals surface area contributed by atoms with Crippen LogP contribution in [0, 0.1) is 6.92 Å². The Morgan fingerprint density at radius 3 is 2.39 bits per heavy atom. The zero-order valence-corrected chi connectivity index (χ0v) is 16.6. The van der Waals surface area contributed by atoms with Gasteiger partial charge in [0.05, 0.1) is 11.3 Å². The molecule has 0 amide bonds. The monoisotopic (exact) mass is 405 g/mol. The fourth-order valence-corrected chi connectivity index (χ4v) is 4.08. The van der Waals surface area contributed by atoms with Gasteiger partial charge in [0, 0.05) is 21.5 Å². The van der Waals surface area contributed by atoms with Gasteiger partial charge in [0.25, 0.3) is 0 Å². The minimum Gasteiger partial charge on any atom is -0.478 e. The predicted molar refractivity (Wildman–Crippen MR) is 115 cm³/mol. The fraction of sp³-hybridized carbons (Fsp3) is 0.0435. The second-order valence-electron chi connectivity index (χ2n) is 6.43. The van der Waals surface area contributed by atoms with Crippen LogP contribution in [0.15, 0.2) is 72.1 Å². The highest BCUT2D eigenvalue weighted by molar-refractivity contribution is 7.13. The Labute approximate surface area is 171 Å². The molecule has 5 heteroatoms. The molecule has 0 saturated carbocycles. The smallest absolute Gasteiger partial charge is 0.336 e. The number of aromatic carboxylic acids is 1. The third-order valence-corrected chi connectivity index (χ3v) is 5.72. The van der Waals surface area contributed by atoms with Crippen molar-refractivity contribution in [2.75, 3.05) is 0 Å². The van der Waals surface area contributed by atoms with E-state index in [-0.39, 0.29) is 5.56 Å². The predicted octanol–water partition coefficient (Wildman–Crippen LogP) is 6.80. The van der Waals surface area contributed by atoms with E-state index in [1.807, 2.05) is 73.0 Å². The SMILES string of the molecule is Cc1ccccc1-c1ccc(-c2nc(-c3ccc(Cl)cc3)cs2)cc1C(=O)O. The fourth-order valence-electron chi connectivity index (χ4n) is 3.12. The topological polar surface area (TPSA) is 50.2 Å². The summed E-state index contributed by atoms with van der Waals surface area (Å²) in [6.07, 6.45) is 0. The molecule has 138 valence electrons. The summed E-state index contributed by atoms with van der Waals surface area (Å²) < 4.78 is 0. The molecule has 4 aromatic rings. The molecule has 28 heavy (non-hydrogen) atoms. The number of aryl methyl sites for hydroxylation is 1. The van der Waals surface area contributed by atoms with Gasteiger partial charge in [0.2, 0.25) is 0 Å². The molecule has 3 nitrogen and oxygen atoms in total. The van der Waals surface area contributed by atoms with Crippen LogP contribution in [0.3, 0.4) is 0 Å². The van der Waals surface area contributed by atoms with E-state index in [1.165, 1.54) is 11.3 Å². The molecular formula is C23H16ClNO2S. The van der Waals surface area contributed by atoms with Crippen molar-refractivity contribution in [1.82, 2.24) is 4.98 Å². The molecule has 0 aliphatic carbocycles. The van der Waals surface area contributed by atoms with Gasteiger partial charge in [-0.25, -0.2) is 9.78 Å². The van der Waals surface area contributed by atoms with Crippen molar-refractivity contribution in [2.45, 2.75) is 6.92 Å². The molecule has 1 aromatic heterocycles. The van der Waals surface area contributed by atoms with Crippen molar-refractivity contribution >= 4 is 28.9 Å². The van der Waals surface area contributed by atoms with Crippen LogP contribution in [0.25, 0.3) is 33.0 Å². The van der Waals surface area contributed by atoms with Gasteiger partial charge in [-0.15, -0.1) is 11.3 Å². The summed E-state index contributed by atoms with van der Waals surface area (Å²) in [4.78, 5) is 16.6. The summed E-state index contributed by atoms with van der Waals surface area (Å²) in [5, 5.41) is 13.2. The van der Waals surface area contributed by atoms with Crippen molar-refractivity contribution in [3.8, 4) is 33.0 Å². The summed E-state index contributed by atoms with van der Waals surface area (Å²) in [6, 6.07) is 20.8. The van der Waals surface area contributed by atoms with Gasteiger partial charge in [-0.3, -0.25) is 0 Å². The maximum absolute atomic E-state index is 11.9. The molecule has 1 N–H and O–H groups in total. The number of benzene rings is 3. The molecule has 0 unspecified atom stereocenters. The van der Waals surface area contributed by atoms with Gasteiger partial charge >= 0.3 is 5.97 Å². The molecule has 0 spiro atoms. The van der Waals surface area contributed by atoms with Crippen LogP contribution in [0.1, 0.15) is 15.9 Å². The second kappa shape index (κ2) is 7.58. The largest absolute Gasteiger partial charge is 0.478 e. The quantitative estimate of drug-likeness (QED) is 0.406. The lowest BCUT2D eigenvalue weighted by atomic mass is 9.94. The number of carbonyl (C=O) groups is 1. The lowest BCUT2D eigenvalue weighted by Crippen LogP contribution is -2.01. The van der Waals surface area contributed by atoms with E-state index in [9.17, 15) is 9.90 Å². The number of aromatic nitrogens is 1. The number of rotatable bonds is 4. The normalized spacial score (nSPS) is 10.8. The lowest BCUT2D eigenvalue weighted by Gasteiger charge is -2.10. The van der Waals surface area contributed by atoms with Gasteiger partial charge in [-0.05, 0) is 41.8 Å². The first kappa shape index (κ1) is 18.4. The first-order valence-corrected chi connectivity index (χ1v) is 9.94. The van der Waals surface area contributed by atoms with Gasteiger partial charge in [0.15, 0.2) is 0 Å². The zero-order chi connectivity index (χ0) is 19.7. The summed E-state index contributed by atoms with van der Waals surface area (Å²) >= 11 is 7.44. The molecule has 0 atom stereocenters. The summed E-state index contributed by atoms with van der Waals surface area (Å²) in [5.74, 6) is -0.949. The van der Waals surface area contributed by atoms with Crippen molar-refractivity contribution in [1.29, 1.82) is 0 Å². The van der Waals surface area contributed by atoms with Crippen molar-refractivity contribution in [3.05, 3.63) is 88.3 Å². The van der Waals surface area contributed by atoms with E-state index < -0.39 is 5.97 Å². The van der Waals surface area contributed by atoms with Crippen LogP contribution in [-0.4, -0.2) is 16.1 Å². The number of nitrogens with zero attached hydrogens (tertiary/aromatic N) is 1. The average molecular weight is 406 g/mol. The number of halogens is 1. The summed E-state index contributed by atoms with van der Waals surface area (Å²) in [6.45, 7) is 1.98. The molecule has 0 bridgehead atoms. The Balaban J connectivity index is 1.76. The Hall–Kier alpha value is -2.95. The van der Waals surface area contributed by atoms with Crippen molar-refractivity contribution < 1.29 is 9.90 Å². The molecule has 1 heterocycles. The molecule has 0 fully saturated rings. The standard InChI is InChI=1S/C23H16ClNO2S/c1-14-4-2-3-5-18(14)19-11-8-16(12-20(19)23(26)27)22-25-21(13-28-22)15-6-9-17(24)10-7-15/h2-13H,1H3,(H,26,27). The number of carboxylic acids is 1. The highest BCUT2D eigenvalue weighted by Gasteiger charge is 2.16. The number of thiazole rings is 1. The minimum absolute atomic E-state index is 0.273. The van der Waals surface area contributed by atoms with Crippen molar-refractivity contribution in [3.63, 3.8) is 0 Å². The number of hydrogen-bond acceptors (Lipinski definition) is 3. The maximum atomic E-state index is 11.9. The molecule has 3 aromatic carbocycles. The van der Waals surface area contributed by atoms with Crippen LogP contribution in [-0.2, 0) is 0 Å². The summed E-state index contributed by atoms with van der Waals surface area (Å²) in [5.41, 5.74) is 5.56. The summed E-state index contributed by atoms with van der Waals surface area (Å²) in [7, 11) is 0. The van der Waals surface area contributed by atoms with E-state index >= 15 is 0 Å². The van der Waals surface area contributed by atoms with E-state index in [0.29, 0.717) is 10.6 Å². The van der Waals surface area contributed by atoms with Crippen LogP contribution < -0.4 is 0 Å². The second-order valence-corrected chi connectivity index (χ2v) is 7.72. The molecular weight excluding hydrogens is 390 g/mol. The lowest BCUT2D eigenvalue weighted by molar-refractivity contribution is 0.0698. The highest BCUT2D eigenvalue weighted by Crippen LogP contribution is 2.34. The van der Waals surface area contributed by atoms with E-state index in [1.54, 1.807) is 6.07 Å². The Bertz CT molecular complexity index is 1170.